The third-order valence-electron chi connectivity index (χ3n) is 1.61. The lowest BCUT2D eigenvalue weighted by atomic mass is 10.4. The zero-order valence-electron chi connectivity index (χ0n) is 7.86. The van der Waals surface area contributed by atoms with E-state index in [9.17, 15) is 10.1 Å². The fourth-order valence-electron chi connectivity index (χ4n) is 0.946. The molecular formula is C8H12N2O3S. The molecule has 0 saturated carbocycles. The van der Waals surface area contributed by atoms with Crippen LogP contribution in [-0.2, 0) is 6.54 Å². The van der Waals surface area contributed by atoms with E-state index in [0.717, 1.165) is 12.3 Å². The van der Waals surface area contributed by atoms with E-state index in [1.807, 2.05) is 6.26 Å². The van der Waals surface area contributed by atoms with Gasteiger partial charge in [-0.25, -0.2) is 0 Å². The van der Waals surface area contributed by atoms with Crippen molar-refractivity contribution in [1.82, 2.24) is 5.32 Å². The summed E-state index contributed by atoms with van der Waals surface area (Å²) in [5, 5.41) is 13.4. The Morgan fingerprint density at radius 3 is 3.00 bits per heavy atom. The lowest BCUT2D eigenvalue weighted by Gasteiger charge is -1.99. The molecule has 0 aliphatic carbocycles. The number of nitrogens with one attached hydrogen (secondary N) is 1. The average molecular weight is 216 g/mol. The fourth-order valence-corrected chi connectivity index (χ4v) is 1.29. The van der Waals surface area contributed by atoms with Crippen molar-refractivity contribution in [1.29, 1.82) is 0 Å². The van der Waals surface area contributed by atoms with E-state index < -0.39 is 4.92 Å². The Morgan fingerprint density at radius 2 is 2.43 bits per heavy atom. The van der Waals surface area contributed by atoms with Gasteiger partial charge in [0.1, 0.15) is 10.7 Å². The zero-order chi connectivity index (χ0) is 10.4. The minimum Gasteiger partial charge on any atom is -0.404 e. The molecule has 0 fully saturated rings. The van der Waals surface area contributed by atoms with Gasteiger partial charge >= 0.3 is 5.88 Å². The zero-order valence-corrected chi connectivity index (χ0v) is 8.67. The Hall–Kier alpha value is -1.01. The first kappa shape index (κ1) is 11.1. The summed E-state index contributed by atoms with van der Waals surface area (Å²) in [6, 6.07) is 2.98. The van der Waals surface area contributed by atoms with Crippen LogP contribution < -0.4 is 5.32 Å². The van der Waals surface area contributed by atoms with Gasteiger partial charge in [-0.2, -0.15) is 11.8 Å². The normalized spacial score (nSPS) is 10.4. The second-order valence-electron chi connectivity index (χ2n) is 2.67. The number of thioether (sulfide) groups is 1. The Kier molecular flexibility index (Phi) is 4.48. The van der Waals surface area contributed by atoms with Gasteiger partial charge in [-0.3, -0.25) is 10.1 Å². The van der Waals surface area contributed by atoms with E-state index in [1.54, 1.807) is 17.8 Å². The van der Waals surface area contributed by atoms with Gasteiger partial charge in [-0.05, 0) is 12.3 Å². The van der Waals surface area contributed by atoms with E-state index in [4.69, 9.17) is 4.42 Å². The van der Waals surface area contributed by atoms with Gasteiger partial charge < -0.3 is 9.73 Å². The molecule has 1 heterocycles. The molecule has 1 aromatic heterocycles. The highest BCUT2D eigenvalue weighted by atomic mass is 32.2. The van der Waals surface area contributed by atoms with Gasteiger partial charge in [-0.15, -0.1) is 0 Å². The quantitative estimate of drug-likeness (QED) is 0.445. The van der Waals surface area contributed by atoms with Crippen LogP contribution in [0.1, 0.15) is 5.76 Å². The molecule has 0 radical (unpaired) electrons. The number of nitro groups is 1. The van der Waals surface area contributed by atoms with Crippen LogP contribution in [0.4, 0.5) is 5.88 Å². The van der Waals surface area contributed by atoms with Crippen LogP contribution in [0.25, 0.3) is 0 Å². The van der Waals surface area contributed by atoms with Gasteiger partial charge in [0.25, 0.3) is 0 Å². The smallest absolute Gasteiger partial charge is 0.404 e. The van der Waals surface area contributed by atoms with E-state index in [1.165, 1.54) is 6.07 Å². The van der Waals surface area contributed by atoms with Crippen LogP contribution in [0.15, 0.2) is 16.5 Å². The van der Waals surface area contributed by atoms with Crippen LogP contribution in [0.3, 0.4) is 0 Å². The van der Waals surface area contributed by atoms with E-state index in [-0.39, 0.29) is 5.88 Å². The van der Waals surface area contributed by atoms with Crippen LogP contribution in [0.2, 0.25) is 0 Å². The highest BCUT2D eigenvalue weighted by molar-refractivity contribution is 7.98. The summed E-state index contributed by atoms with van der Waals surface area (Å²) >= 11 is 1.75. The lowest BCUT2D eigenvalue weighted by Crippen LogP contribution is -2.15. The van der Waals surface area contributed by atoms with Crippen molar-refractivity contribution in [3.05, 3.63) is 28.0 Å². The van der Waals surface area contributed by atoms with Gasteiger partial charge in [0.15, 0.2) is 0 Å². The number of rotatable bonds is 6. The molecule has 5 nitrogen and oxygen atoms in total. The van der Waals surface area contributed by atoms with E-state index in [2.05, 4.69) is 5.32 Å². The summed E-state index contributed by atoms with van der Waals surface area (Å²) in [6.07, 6.45) is 2.03. The molecule has 6 heteroatoms. The molecule has 0 bridgehead atoms. The maximum absolute atomic E-state index is 10.3. The van der Waals surface area contributed by atoms with Gasteiger partial charge in [0, 0.05) is 12.3 Å². The molecular weight excluding hydrogens is 204 g/mol. The molecule has 14 heavy (non-hydrogen) atoms. The highest BCUT2D eigenvalue weighted by Gasteiger charge is 2.10. The van der Waals surface area contributed by atoms with Crippen molar-refractivity contribution in [2.24, 2.45) is 0 Å². The minimum atomic E-state index is -0.536. The molecule has 1 N–H and O–H groups in total. The maximum atomic E-state index is 10.3. The number of hydrogen-bond donors (Lipinski definition) is 1. The first-order chi connectivity index (χ1) is 6.74. The Balaban J connectivity index is 2.33. The second-order valence-corrected chi connectivity index (χ2v) is 3.65. The Bertz CT molecular complexity index is 301. The first-order valence-corrected chi connectivity index (χ1v) is 5.56. The number of nitrogens with zero attached hydrogens (tertiary/aromatic N) is 1. The molecule has 0 saturated heterocycles. The first-order valence-electron chi connectivity index (χ1n) is 4.17. The monoisotopic (exact) mass is 216 g/mol. The largest absolute Gasteiger partial charge is 0.433 e. The van der Waals surface area contributed by atoms with Crippen molar-refractivity contribution in [3.63, 3.8) is 0 Å². The SMILES string of the molecule is CSCCNCc1ccc([N+](=O)[O-])o1. The molecule has 0 aliphatic rings. The molecule has 0 unspecified atom stereocenters. The van der Waals surface area contributed by atoms with Gasteiger partial charge in [-0.1, -0.05) is 0 Å². The molecule has 1 aromatic rings. The fraction of sp³-hybridized carbons (Fsp3) is 0.500. The second kappa shape index (κ2) is 5.66. The number of hydrogen-bond acceptors (Lipinski definition) is 5. The predicted molar refractivity (Wildman–Crippen MR) is 55.5 cm³/mol. The summed E-state index contributed by atoms with van der Waals surface area (Å²) < 4.78 is 4.96. The third-order valence-corrected chi connectivity index (χ3v) is 2.22. The minimum absolute atomic E-state index is 0.202. The molecule has 78 valence electrons. The van der Waals surface area contributed by atoms with Crippen LogP contribution in [0.5, 0.6) is 0 Å². The summed E-state index contributed by atoms with van der Waals surface area (Å²) in [5.74, 6) is 1.41. The molecule has 1 rings (SSSR count). The van der Waals surface area contributed by atoms with Crippen molar-refractivity contribution < 1.29 is 9.34 Å². The molecule has 0 atom stereocenters. The maximum Gasteiger partial charge on any atom is 0.433 e. The average Bonchev–Trinajstić information content (AvgIpc) is 2.61. The summed E-state index contributed by atoms with van der Waals surface area (Å²) in [5.41, 5.74) is 0. The summed E-state index contributed by atoms with van der Waals surface area (Å²) in [6.45, 7) is 1.41. The van der Waals surface area contributed by atoms with Crippen LogP contribution >= 0.6 is 11.8 Å². The summed E-state index contributed by atoms with van der Waals surface area (Å²) in [4.78, 5) is 9.74. The standard InChI is InChI=1S/C8H12N2O3S/c1-14-5-4-9-6-7-2-3-8(13-7)10(11)12/h2-3,9H,4-6H2,1H3. The molecule has 0 amide bonds. The molecule has 0 spiro atoms. The molecule has 0 aliphatic heterocycles. The molecule has 0 aromatic carbocycles. The Labute approximate surface area is 86.0 Å². The van der Waals surface area contributed by atoms with Crippen LogP contribution in [-0.4, -0.2) is 23.5 Å². The van der Waals surface area contributed by atoms with Crippen molar-refractivity contribution in [2.45, 2.75) is 6.54 Å². The number of furan rings is 1. The summed E-state index contributed by atoms with van der Waals surface area (Å²) in [7, 11) is 0. The van der Waals surface area contributed by atoms with E-state index in [0.29, 0.717) is 12.3 Å². The lowest BCUT2D eigenvalue weighted by molar-refractivity contribution is -0.402. The topological polar surface area (TPSA) is 68.3 Å². The van der Waals surface area contributed by atoms with Crippen molar-refractivity contribution >= 4 is 17.6 Å². The third kappa shape index (κ3) is 3.39. The van der Waals surface area contributed by atoms with Crippen LogP contribution in [0, 0.1) is 10.1 Å². The Morgan fingerprint density at radius 1 is 1.64 bits per heavy atom. The van der Waals surface area contributed by atoms with Crippen molar-refractivity contribution in [2.75, 3.05) is 18.6 Å². The van der Waals surface area contributed by atoms with Crippen molar-refractivity contribution in [3.8, 4) is 0 Å². The predicted octanol–water partition coefficient (Wildman–Crippen LogP) is 1.64. The van der Waals surface area contributed by atoms with E-state index >= 15 is 0 Å². The highest BCUT2D eigenvalue weighted by Crippen LogP contribution is 2.14. The van der Waals surface area contributed by atoms with Gasteiger partial charge in [0.05, 0.1) is 12.6 Å². The van der Waals surface area contributed by atoms with Gasteiger partial charge in [0.2, 0.25) is 0 Å².